The summed E-state index contributed by atoms with van der Waals surface area (Å²) in [7, 11) is 0. The number of hydrogen-bond acceptors (Lipinski definition) is 3. The molecule has 0 aliphatic carbocycles. The molecular formula is C12H14BrNOS. The Hall–Kier alpha value is -0.580. The molecule has 0 aliphatic rings. The van der Waals surface area contributed by atoms with Crippen molar-refractivity contribution in [2.45, 2.75) is 25.9 Å². The standard InChI is InChI=1S/C12H14BrNOS/c1-9(6-10-4-5-16-8-10)14-7-11-2-3-12(13)15-11/h2-5,8-9,14H,6-7H2,1H3. The Kier molecular flexibility index (Phi) is 4.21. The second-order valence-corrected chi connectivity index (χ2v) is 5.39. The van der Waals surface area contributed by atoms with E-state index >= 15 is 0 Å². The van der Waals surface area contributed by atoms with Crippen LogP contribution in [0.4, 0.5) is 0 Å². The molecule has 4 heteroatoms. The van der Waals surface area contributed by atoms with Crippen molar-refractivity contribution in [1.82, 2.24) is 5.32 Å². The highest BCUT2D eigenvalue weighted by atomic mass is 79.9. The second-order valence-electron chi connectivity index (χ2n) is 3.82. The van der Waals surface area contributed by atoms with Crippen LogP contribution in [0.5, 0.6) is 0 Å². The van der Waals surface area contributed by atoms with Crippen molar-refractivity contribution in [3.05, 3.63) is 45.0 Å². The zero-order chi connectivity index (χ0) is 11.4. The lowest BCUT2D eigenvalue weighted by Gasteiger charge is -2.11. The summed E-state index contributed by atoms with van der Waals surface area (Å²) in [5.41, 5.74) is 1.39. The molecular weight excluding hydrogens is 286 g/mol. The summed E-state index contributed by atoms with van der Waals surface area (Å²) in [5, 5.41) is 7.75. The van der Waals surface area contributed by atoms with Gasteiger partial charge in [-0.3, -0.25) is 0 Å². The third kappa shape index (κ3) is 3.47. The van der Waals surface area contributed by atoms with Crippen LogP contribution < -0.4 is 5.32 Å². The predicted molar refractivity (Wildman–Crippen MR) is 70.7 cm³/mol. The molecule has 0 amide bonds. The van der Waals surface area contributed by atoms with Gasteiger partial charge in [0.2, 0.25) is 0 Å². The van der Waals surface area contributed by atoms with Crippen LogP contribution in [0.3, 0.4) is 0 Å². The Balaban J connectivity index is 1.77. The number of rotatable bonds is 5. The van der Waals surface area contributed by atoms with Gasteiger partial charge in [-0.15, -0.1) is 0 Å². The Bertz CT molecular complexity index is 424. The first kappa shape index (κ1) is 11.9. The topological polar surface area (TPSA) is 25.2 Å². The fourth-order valence-corrected chi connectivity index (χ4v) is 2.58. The summed E-state index contributed by atoms with van der Waals surface area (Å²) in [6, 6.07) is 6.53. The Morgan fingerprint density at radius 3 is 2.94 bits per heavy atom. The van der Waals surface area contributed by atoms with Crippen molar-refractivity contribution in [2.75, 3.05) is 0 Å². The average molecular weight is 300 g/mol. The Morgan fingerprint density at radius 2 is 2.31 bits per heavy atom. The number of halogens is 1. The average Bonchev–Trinajstić information content (AvgIpc) is 2.87. The molecule has 1 N–H and O–H groups in total. The van der Waals surface area contributed by atoms with Gasteiger partial charge in [0.05, 0.1) is 6.54 Å². The van der Waals surface area contributed by atoms with Crippen LogP contribution >= 0.6 is 27.3 Å². The van der Waals surface area contributed by atoms with Gasteiger partial charge in [-0.25, -0.2) is 0 Å². The molecule has 2 heterocycles. The van der Waals surface area contributed by atoms with Gasteiger partial charge in [-0.05, 0) is 63.8 Å². The highest BCUT2D eigenvalue weighted by Gasteiger charge is 2.05. The fraction of sp³-hybridized carbons (Fsp3) is 0.333. The second kappa shape index (κ2) is 5.66. The molecule has 0 spiro atoms. The molecule has 0 aliphatic heterocycles. The van der Waals surface area contributed by atoms with Crippen molar-refractivity contribution in [2.24, 2.45) is 0 Å². The third-order valence-corrected chi connectivity index (χ3v) is 3.53. The molecule has 0 fully saturated rings. The summed E-state index contributed by atoms with van der Waals surface area (Å²) < 4.78 is 6.21. The minimum Gasteiger partial charge on any atom is -0.453 e. The molecule has 0 bridgehead atoms. The smallest absolute Gasteiger partial charge is 0.169 e. The largest absolute Gasteiger partial charge is 0.453 e. The van der Waals surface area contributed by atoms with Gasteiger partial charge in [0, 0.05) is 6.04 Å². The van der Waals surface area contributed by atoms with E-state index in [9.17, 15) is 0 Å². The fourth-order valence-electron chi connectivity index (χ4n) is 1.56. The summed E-state index contributed by atoms with van der Waals surface area (Å²) >= 11 is 5.04. The van der Waals surface area contributed by atoms with Crippen LogP contribution in [0.1, 0.15) is 18.2 Å². The quantitative estimate of drug-likeness (QED) is 0.908. The van der Waals surface area contributed by atoms with E-state index in [4.69, 9.17) is 4.42 Å². The van der Waals surface area contributed by atoms with Gasteiger partial charge in [-0.2, -0.15) is 11.3 Å². The number of thiophene rings is 1. The first-order chi connectivity index (χ1) is 7.74. The molecule has 1 unspecified atom stereocenters. The molecule has 16 heavy (non-hydrogen) atoms. The van der Waals surface area contributed by atoms with Crippen molar-refractivity contribution in [1.29, 1.82) is 0 Å². The van der Waals surface area contributed by atoms with Gasteiger partial charge >= 0.3 is 0 Å². The molecule has 0 radical (unpaired) electrons. The zero-order valence-electron chi connectivity index (χ0n) is 9.07. The maximum absolute atomic E-state index is 5.43. The van der Waals surface area contributed by atoms with Crippen molar-refractivity contribution in [3.8, 4) is 0 Å². The highest BCUT2D eigenvalue weighted by Crippen LogP contribution is 2.14. The van der Waals surface area contributed by atoms with Crippen LogP contribution in [-0.2, 0) is 13.0 Å². The molecule has 2 aromatic heterocycles. The Labute approximate surface area is 108 Å². The van der Waals surface area contributed by atoms with E-state index in [-0.39, 0.29) is 0 Å². The lowest BCUT2D eigenvalue weighted by Crippen LogP contribution is -2.27. The molecule has 0 saturated carbocycles. The van der Waals surface area contributed by atoms with Crippen LogP contribution in [0.2, 0.25) is 0 Å². The van der Waals surface area contributed by atoms with Gasteiger partial charge in [0.25, 0.3) is 0 Å². The van der Waals surface area contributed by atoms with E-state index in [2.05, 4.69) is 45.0 Å². The summed E-state index contributed by atoms with van der Waals surface area (Å²) in [4.78, 5) is 0. The summed E-state index contributed by atoms with van der Waals surface area (Å²) in [6.45, 7) is 2.96. The van der Waals surface area contributed by atoms with E-state index in [1.165, 1.54) is 5.56 Å². The maximum Gasteiger partial charge on any atom is 0.169 e. The van der Waals surface area contributed by atoms with Gasteiger partial charge < -0.3 is 9.73 Å². The minimum absolute atomic E-state index is 0.457. The van der Waals surface area contributed by atoms with Crippen LogP contribution in [0, 0.1) is 0 Å². The molecule has 2 aromatic rings. The van der Waals surface area contributed by atoms with Crippen LogP contribution in [0.25, 0.3) is 0 Å². The maximum atomic E-state index is 5.43. The van der Waals surface area contributed by atoms with Gasteiger partial charge in [0.1, 0.15) is 5.76 Å². The number of hydrogen-bond donors (Lipinski definition) is 1. The molecule has 1 atom stereocenters. The number of nitrogens with one attached hydrogen (secondary N) is 1. The zero-order valence-corrected chi connectivity index (χ0v) is 11.5. The predicted octanol–water partition coefficient (Wildman–Crippen LogP) is 3.82. The van der Waals surface area contributed by atoms with Crippen LogP contribution in [0.15, 0.2) is 38.0 Å². The third-order valence-electron chi connectivity index (χ3n) is 2.38. The van der Waals surface area contributed by atoms with E-state index < -0.39 is 0 Å². The number of furan rings is 1. The first-order valence-corrected chi connectivity index (χ1v) is 6.96. The molecule has 2 rings (SSSR count). The van der Waals surface area contributed by atoms with Crippen molar-refractivity contribution >= 4 is 27.3 Å². The van der Waals surface area contributed by atoms with Gasteiger partial charge in [-0.1, -0.05) is 0 Å². The van der Waals surface area contributed by atoms with Crippen molar-refractivity contribution in [3.63, 3.8) is 0 Å². The SMILES string of the molecule is CC(Cc1ccsc1)NCc1ccc(Br)o1. The van der Waals surface area contributed by atoms with Crippen LogP contribution in [-0.4, -0.2) is 6.04 Å². The van der Waals surface area contributed by atoms with E-state index in [1.807, 2.05) is 12.1 Å². The Morgan fingerprint density at radius 1 is 1.44 bits per heavy atom. The minimum atomic E-state index is 0.457. The molecule has 0 saturated heterocycles. The van der Waals surface area contributed by atoms with Gasteiger partial charge in [0.15, 0.2) is 4.67 Å². The van der Waals surface area contributed by atoms with Crippen molar-refractivity contribution < 1.29 is 4.42 Å². The monoisotopic (exact) mass is 299 g/mol. The molecule has 0 aromatic carbocycles. The lowest BCUT2D eigenvalue weighted by atomic mass is 10.1. The molecule has 86 valence electrons. The van der Waals surface area contributed by atoms with E-state index in [1.54, 1.807) is 11.3 Å². The lowest BCUT2D eigenvalue weighted by molar-refractivity contribution is 0.441. The summed E-state index contributed by atoms with van der Waals surface area (Å²) in [6.07, 6.45) is 1.06. The summed E-state index contributed by atoms with van der Waals surface area (Å²) in [5.74, 6) is 0.962. The normalized spacial score (nSPS) is 12.9. The van der Waals surface area contributed by atoms with E-state index in [0.717, 1.165) is 23.4 Å². The first-order valence-electron chi connectivity index (χ1n) is 5.22. The molecule has 2 nitrogen and oxygen atoms in total. The van der Waals surface area contributed by atoms with E-state index in [0.29, 0.717) is 6.04 Å². The highest BCUT2D eigenvalue weighted by molar-refractivity contribution is 9.10.